The molecule has 0 heterocycles. The van der Waals surface area contributed by atoms with E-state index >= 15 is 0 Å². The van der Waals surface area contributed by atoms with Gasteiger partial charge in [0.05, 0.1) is 0 Å². The molecule has 0 radical (unpaired) electrons. The average Bonchev–Trinajstić information content (AvgIpc) is 2.07. The first-order valence-electron chi connectivity index (χ1n) is 4.58. The van der Waals surface area contributed by atoms with Crippen LogP contribution in [-0.4, -0.2) is 29.7 Å². The Labute approximate surface area is 101 Å². The molecular formula is C7H13Cl2F3NO2P. The summed E-state index contributed by atoms with van der Waals surface area (Å²) in [5.41, 5.74) is 0. The first kappa shape index (κ1) is 16.2. The molecule has 3 nitrogen and oxygen atoms in total. The van der Waals surface area contributed by atoms with Crippen LogP contribution in [0.3, 0.4) is 0 Å². The minimum atomic E-state index is -4.83. The number of alkyl halides is 3. The van der Waals surface area contributed by atoms with Gasteiger partial charge in [0.2, 0.25) is 0 Å². The molecule has 1 amide bonds. The van der Waals surface area contributed by atoms with Gasteiger partial charge in [-0.25, -0.2) is 0 Å². The third-order valence-corrected chi connectivity index (χ3v) is 3.79. The molecule has 0 aliphatic rings. The van der Waals surface area contributed by atoms with Crippen LogP contribution in [0.1, 0.15) is 19.3 Å². The Hall–Kier alpha value is 0.230. The van der Waals surface area contributed by atoms with Crippen LogP contribution in [0.25, 0.3) is 0 Å². The summed E-state index contributed by atoms with van der Waals surface area (Å²) >= 11 is 10.8. The molecule has 0 atom stereocenters. The van der Waals surface area contributed by atoms with Gasteiger partial charge in [0, 0.05) is 0 Å². The van der Waals surface area contributed by atoms with E-state index in [4.69, 9.17) is 27.4 Å². The second-order valence-corrected chi connectivity index (χ2v) is 9.39. The van der Waals surface area contributed by atoms with Crippen molar-refractivity contribution in [3.05, 3.63) is 0 Å². The Morgan fingerprint density at radius 3 is 2.25 bits per heavy atom. The molecule has 0 fully saturated rings. The number of hydrogen-bond acceptors (Lipinski definition) is 2. The fraction of sp³-hybridized carbons (Fsp3) is 0.857. The van der Waals surface area contributed by atoms with Gasteiger partial charge >= 0.3 is 101 Å². The van der Waals surface area contributed by atoms with Crippen molar-refractivity contribution in [3.63, 3.8) is 0 Å². The van der Waals surface area contributed by atoms with Crippen LogP contribution >= 0.6 is 28.7 Å². The monoisotopic (exact) mass is 301 g/mol. The van der Waals surface area contributed by atoms with E-state index in [0.717, 1.165) is 0 Å². The molecule has 0 aromatic carbocycles. The third kappa shape index (κ3) is 9.46. The van der Waals surface area contributed by atoms with Crippen molar-refractivity contribution >= 4 is 34.6 Å². The number of carbonyl (C=O) groups is 1. The van der Waals surface area contributed by atoms with Crippen molar-refractivity contribution in [1.82, 2.24) is 5.32 Å². The van der Waals surface area contributed by atoms with E-state index in [2.05, 4.69) is 0 Å². The zero-order valence-electron chi connectivity index (χ0n) is 8.28. The van der Waals surface area contributed by atoms with Crippen LogP contribution in [0.4, 0.5) is 13.2 Å². The Bertz CT molecular complexity index is 233. The molecule has 0 rings (SSSR count). The van der Waals surface area contributed by atoms with E-state index in [-0.39, 0.29) is 12.7 Å². The second-order valence-electron chi connectivity index (χ2n) is 3.23. The predicted molar refractivity (Wildman–Crippen MR) is 60.0 cm³/mol. The molecule has 0 saturated heterocycles. The summed E-state index contributed by atoms with van der Waals surface area (Å²) in [6, 6.07) is 0. The summed E-state index contributed by atoms with van der Waals surface area (Å²) in [4.78, 5) is 19.4. The van der Waals surface area contributed by atoms with Gasteiger partial charge in [0.1, 0.15) is 0 Å². The zero-order chi connectivity index (χ0) is 12.8. The molecule has 0 aliphatic carbocycles. The number of halogens is 5. The Kier molecular flexibility index (Phi) is 6.94. The normalized spacial score (nSPS) is 13.6. The van der Waals surface area contributed by atoms with Crippen molar-refractivity contribution in [2.24, 2.45) is 0 Å². The van der Waals surface area contributed by atoms with Gasteiger partial charge in [-0.3, -0.25) is 0 Å². The average molecular weight is 302 g/mol. The van der Waals surface area contributed by atoms with Gasteiger partial charge < -0.3 is 0 Å². The van der Waals surface area contributed by atoms with Crippen LogP contribution in [-0.2, 0) is 4.79 Å². The maximum absolute atomic E-state index is 11.7. The Morgan fingerprint density at radius 2 is 1.81 bits per heavy atom. The van der Waals surface area contributed by atoms with E-state index in [1.165, 1.54) is 0 Å². The molecular weight excluding hydrogens is 289 g/mol. The number of nitrogens with one attached hydrogen (secondary N) is 1. The SMILES string of the molecule is O=C(NCCCCC[PH](O)(Cl)Cl)C(F)(F)F. The van der Waals surface area contributed by atoms with Crippen molar-refractivity contribution < 1.29 is 22.9 Å². The van der Waals surface area contributed by atoms with Gasteiger partial charge in [-0.05, 0) is 0 Å². The van der Waals surface area contributed by atoms with E-state index in [1.807, 2.05) is 0 Å². The van der Waals surface area contributed by atoms with E-state index in [1.54, 1.807) is 5.32 Å². The van der Waals surface area contributed by atoms with Gasteiger partial charge in [-0.15, -0.1) is 0 Å². The van der Waals surface area contributed by atoms with Crippen molar-refractivity contribution in [2.75, 3.05) is 12.7 Å². The fourth-order valence-corrected chi connectivity index (χ4v) is 2.42. The van der Waals surface area contributed by atoms with E-state index < -0.39 is 18.3 Å². The summed E-state index contributed by atoms with van der Waals surface area (Å²) < 4.78 is 35.1. The quantitative estimate of drug-likeness (QED) is 0.585. The van der Waals surface area contributed by atoms with Gasteiger partial charge in [0.15, 0.2) is 0 Å². The fourth-order valence-electron chi connectivity index (χ4n) is 0.942. The molecule has 16 heavy (non-hydrogen) atoms. The maximum atomic E-state index is 11.7. The summed E-state index contributed by atoms with van der Waals surface area (Å²) in [6.07, 6.45) is -6.20. The molecule has 2 N–H and O–H groups in total. The number of amides is 1. The molecule has 0 aliphatic heterocycles. The molecule has 0 aromatic rings. The first-order valence-corrected chi connectivity index (χ1v) is 8.76. The van der Waals surface area contributed by atoms with Crippen LogP contribution < -0.4 is 5.32 Å². The number of unbranched alkanes of at least 4 members (excludes halogenated alkanes) is 2. The van der Waals surface area contributed by atoms with Crippen LogP contribution in [0, 0.1) is 0 Å². The minimum absolute atomic E-state index is 0.0527. The zero-order valence-corrected chi connectivity index (χ0v) is 10.8. The van der Waals surface area contributed by atoms with Gasteiger partial charge in [0.25, 0.3) is 0 Å². The molecule has 0 spiro atoms. The van der Waals surface area contributed by atoms with E-state index in [0.29, 0.717) is 19.3 Å². The molecule has 0 aromatic heterocycles. The molecule has 0 saturated carbocycles. The van der Waals surface area contributed by atoms with Crippen LogP contribution in [0.2, 0.25) is 0 Å². The molecule has 0 unspecified atom stereocenters. The van der Waals surface area contributed by atoms with Crippen LogP contribution in [0.15, 0.2) is 0 Å². The summed E-state index contributed by atoms with van der Waals surface area (Å²) in [7, 11) is 0. The Balaban J connectivity index is 3.45. The summed E-state index contributed by atoms with van der Waals surface area (Å²) in [5.74, 6) is -1.94. The van der Waals surface area contributed by atoms with Crippen molar-refractivity contribution in [1.29, 1.82) is 0 Å². The summed E-state index contributed by atoms with van der Waals surface area (Å²) in [5, 5.41) is 1.74. The standard InChI is InChI=1S/C7H13Cl2F3NO2P/c8-16(9,15)5-3-1-2-4-13-6(14)7(10,11)12/h15-16H,1-5H2,(H,13,14). The van der Waals surface area contributed by atoms with Crippen LogP contribution in [0.5, 0.6) is 0 Å². The molecule has 9 heteroatoms. The third-order valence-electron chi connectivity index (χ3n) is 1.70. The van der Waals surface area contributed by atoms with Crippen molar-refractivity contribution in [3.8, 4) is 0 Å². The second kappa shape index (κ2) is 6.84. The first-order chi connectivity index (χ1) is 7.13. The van der Waals surface area contributed by atoms with Crippen molar-refractivity contribution in [2.45, 2.75) is 25.4 Å². The molecule has 0 bridgehead atoms. The van der Waals surface area contributed by atoms with E-state index in [9.17, 15) is 18.0 Å². The number of carbonyl (C=O) groups excluding carboxylic acids is 1. The van der Waals surface area contributed by atoms with Gasteiger partial charge in [-0.1, -0.05) is 0 Å². The summed E-state index contributed by atoms with van der Waals surface area (Å²) in [6.45, 7) is -0.0527. The molecule has 98 valence electrons. The number of hydrogen-bond donors (Lipinski definition) is 2. The predicted octanol–water partition coefficient (Wildman–Crippen LogP) is 2.80. The Morgan fingerprint density at radius 1 is 1.25 bits per heavy atom. The number of rotatable bonds is 6. The van der Waals surface area contributed by atoms with Gasteiger partial charge in [-0.2, -0.15) is 0 Å². The topological polar surface area (TPSA) is 49.3 Å².